The maximum absolute atomic E-state index is 11.9. The van der Waals surface area contributed by atoms with E-state index in [1.807, 2.05) is 30.3 Å². The molecule has 7 nitrogen and oxygen atoms in total. The number of aromatic nitrogens is 2. The number of nitrogens with zero attached hydrogens (tertiary/aromatic N) is 2. The minimum Gasteiger partial charge on any atom is -0.497 e. The second-order valence-electron chi connectivity index (χ2n) is 8.36. The lowest BCUT2D eigenvalue weighted by Crippen LogP contribution is -2.31. The Morgan fingerprint density at radius 3 is 2.75 bits per heavy atom. The third-order valence-electron chi connectivity index (χ3n) is 6.29. The van der Waals surface area contributed by atoms with E-state index in [2.05, 4.69) is 11.4 Å². The largest absolute Gasteiger partial charge is 0.497 e. The zero-order chi connectivity index (χ0) is 22.1. The predicted octanol–water partition coefficient (Wildman–Crippen LogP) is 3.47. The first kappa shape index (κ1) is 20.7. The molecule has 1 fully saturated rings. The number of nitrogens with one attached hydrogen (secondary N) is 1. The van der Waals surface area contributed by atoms with Gasteiger partial charge in [-0.3, -0.25) is 9.78 Å². The van der Waals surface area contributed by atoms with Gasteiger partial charge in [0.25, 0.3) is 0 Å². The van der Waals surface area contributed by atoms with Gasteiger partial charge in [-0.2, -0.15) is 0 Å². The van der Waals surface area contributed by atoms with E-state index < -0.39 is 0 Å². The third kappa shape index (κ3) is 4.00. The SMILES string of the molecule is COC(=O)[C@@H]1C[C@@H](Oc2cc(-c3ccc4c(n3)CCCC4)nc3cc(OC)ccc23)CN1. The molecular formula is C25H27N3O4. The van der Waals surface area contributed by atoms with Gasteiger partial charge in [0.2, 0.25) is 0 Å². The number of benzene rings is 1. The lowest BCUT2D eigenvalue weighted by atomic mass is 9.95. The molecule has 1 saturated heterocycles. The fourth-order valence-electron chi connectivity index (χ4n) is 4.55. The number of rotatable bonds is 5. The number of fused-ring (bicyclic) bond motifs is 2. The predicted molar refractivity (Wildman–Crippen MR) is 121 cm³/mol. The summed E-state index contributed by atoms with van der Waals surface area (Å²) >= 11 is 0. The summed E-state index contributed by atoms with van der Waals surface area (Å²) in [5, 5.41) is 4.07. The van der Waals surface area contributed by atoms with Crippen LogP contribution >= 0.6 is 0 Å². The third-order valence-corrected chi connectivity index (χ3v) is 6.29. The Hall–Kier alpha value is -3.19. The molecule has 0 amide bonds. The summed E-state index contributed by atoms with van der Waals surface area (Å²) in [5.74, 6) is 1.20. The van der Waals surface area contributed by atoms with E-state index in [1.54, 1.807) is 7.11 Å². The number of carbonyl (C=O) groups is 1. The minimum atomic E-state index is -0.347. The minimum absolute atomic E-state index is 0.142. The van der Waals surface area contributed by atoms with Gasteiger partial charge in [-0.25, -0.2) is 4.98 Å². The van der Waals surface area contributed by atoms with Crippen molar-refractivity contribution in [1.82, 2.24) is 15.3 Å². The molecule has 0 bridgehead atoms. The fourth-order valence-corrected chi connectivity index (χ4v) is 4.55. The molecule has 32 heavy (non-hydrogen) atoms. The van der Waals surface area contributed by atoms with E-state index in [9.17, 15) is 4.79 Å². The topological polar surface area (TPSA) is 82.6 Å². The second-order valence-corrected chi connectivity index (χ2v) is 8.36. The molecule has 166 valence electrons. The molecule has 1 N–H and O–H groups in total. The quantitative estimate of drug-likeness (QED) is 0.617. The summed E-state index contributed by atoms with van der Waals surface area (Å²) in [6.07, 6.45) is 4.92. The standard InChI is InChI=1S/C25H27N3O4/c1-30-16-8-9-18-21(11-16)28-22(20-10-7-15-5-3-4-6-19(15)27-20)13-24(18)32-17-12-23(26-14-17)25(29)31-2/h7-11,13,17,23,26H,3-6,12,14H2,1-2H3/t17-,23+/m1/s1. The van der Waals surface area contributed by atoms with Gasteiger partial charge >= 0.3 is 5.97 Å². The van der Waals surface area contributed by atoms with Gasteiger partial charge < -0.3 is 19.5 Å². The zero-order valence-corrected chi connectivity index (χ0v) is 18.4. The Morgan fingerprint density at radius 2 is 1.91 bits per heavy atom. The number of aryl methyl sites for hydroxylation is 2. The number of ether oxygens (including phenoxy) is 3. The molecule has 7 heteroatoms. The van der Waals surface area contributed by atoms with Gasteiger partial charge in [0.05, 0.1) is 31.1 Å². The van der Waals surface area contributed by atoms with Gasteiger partial charge in [0.15, 0.2) is 0 Å². The molecule has 5 rings (SSSR count). The molecule has 0 radical (unpaired) electrons. The lowest BCUT2D eigenvalue weighted by Gasteiger charge is -2.18. The van der Waals surface area contributed by atoms with Crippen molar-refractivity contribution in [3.8, 4) is 22.9 Å². The summed E-state index contributed by atoms with van der Waals surface area (Å²) in [4.78, 5) is 21.7. The molecule has 2 aliphatic rings. The summed E-state index contributed by atoms with van der Waals surface area (Å²) < 4.78 is 16.7. The molecule has 2 aromatic heterocycles. The zero-order valence-electron chi connectivity index (χ0n) is 18.4. The van der Waals surface area contributed by atoms with Crippen molar-refractivity contribution in [2.24, 2.45) is 0 Å². The van der Waals surface area contributed by atoms with Crippen LogP contribution in [-0.2, 0) is 22.4 Å². The van der Waals surface area contributed by atoms with Crippen molar-refractivity contribution in [2.45, 2.75) is 44.2 Å². The van der Waals surface area contributed by atoms with E-state index >= 15 is 0 Å². The highest BCUT2D eigenvalue weighted by atomic mass is 16.5. The van der Waals surface area contributed by atoms with Crippen LogP contribution < -0.4 is 14.8 Å². The molecule has 3 heterocycles. The fraction of sp³-hybridized carbons (Fsp3) is 0.400. The Bertz CT molecular complexity index is 1160. The highest BCUT2D eigenvalue weighted by molar-refractivity contribution is 5.88. The molecular weight excluding hydrogens is 406 g/mol. The summed E-state index contributed by atoms with van der Waals surface area (Å²) in [6, 6.07) is 11.6. The number of esters is 1. The Kier molecular flexibility index (Phi) is 5.66. The van der Waals surface area contributed by atoms with Crippen LogP contribution in [-0.4, -0.2) is 48.8 Å². The summed E-state index contributed by atoms with van der Waals surface area (Å²) in [5.41, 5.74) is 4.91. The van der Waals surface area contributed by atoms with Crippen LogP contribution in [0.2, 0.25) is 0 Å². The smallest absolute Gasteiger partial charge is 0.323 e. The van der Waals surface area contributed by atoms with Gasteiger partial charge in [-0.05, 0) is 49.4 Å². The molecule has 1 aliphatic heterocycles. The normalized spacial score (nSPS) is 20.1. The highest BCUT2D eigenvalue weighted by Gasteiger charge is 2.32. The van der Waals surface area contributed by atoms with E-state index in [1.165, 1.54) is 31.2 Å². The number of carbonyl (C=O) groups excluding carboxylic acids is 1. The first-order chi connectivity index (χ1) is 15.6. The summed E-state index contributed by atoms with van der Waals surface area (Å²) in [6.45, 7) is 0.576. The van der Waals surface area contributed by atoms with Gasteiger partial charge in [-0.1, -0.05) is 6.07 Å². The molecule has 1 aliphatic carbocycles. The van der Waals surface area contributed by atoms with E-state index in [0.717, 1.165) is 46.6 Å². The number of methoxy groups -OCH3 is 2. The Labute approximate surface area is 187 Å². The second kappa shape index (κ2) is 8.74. The number of pyridine rings is 2. The summed E-state index contributed by atoms with van der Waals surface area (Å²) in [7, 11) is 3.05. The number of hydrogen-bond donors (Lipinski definition) is 1. The lowest BCUT2D eigenvalue weighted by molar-refractivity contribution is -0.142. The van der Waals surface area contributed by atoms with Gasteiger partial charge in [0, 0.05) is 36.2 Å². The average molecular weight is 434 g/mol. The maximum atomic E-state index is 11.9. The van der Waals surface area contributed by atoms with Crippen molar-refractivity contribution in [1.29, 1.82) is 0 Å². The molecule has 1 aromatic carbocycles. The monoisotopic (exact) mass is 433 g/mol. The van der Waals surface area contributed by atoms with Crippen molar-refractivity contribution in [3.63, 3.8) is 0 Å². The molecule has 2 atom stereocenters. The van der Waals surface area contributed by atoms with E-state index in [0.29, 0.717) is 13.0 Å². The highest BCUT2D eigenvalue weighted by Crippen LogP contribution is 2.34. The van der Waals surface area contributed by atoms with Crippen LogP contribution in [0.5, 0.6) is 11.5 Å². The maximum Gasteiger partial charge on any atom is 0.323 e. The van der Waals surface area contributed by atoms with Crippen molar-refractivity contribution >= 4 is 16.9 Å². The van der Waals surface area contributed by atoms with Crippen LogP contribution in [0.25, 0.3) is 22.3 Å². The van der Waals surface area contributed by atoms with Crippen LogP contribution in [0.1, 0.15) is 30.5 Å². The van der Waals surface area contributed by atoms with Crippen LogP contribution in [0.15, 0.2) is 36.4 Å². The Balaban J connectivity index is 1.52. The van der Waals surface area contributed by atoms with E-state index in [4.69, 9.17) is 24.2 Å². The average Bonchev–Trinajstić information content (AvgIpc) is 3.31. The van der Waals surface area contributed by atoms with Crippen LogP contribution in [0.3, 0.4) is 0 Å². The van der Waals surface area contributed by atoms with Crippen molar-refractivity contribution in [2.75, 3.05) is 20.8 Å². The van der Waals surface area contributed by atoms with E-state index in [-0.39, 0.29) is 18.1 Å². The van der Waals surface area contributed by atoms with Crippen LogP contribution in [0.4, 0.5) is 0 Å². The Morgan fingerprint density at radius 1 is 1.03 bits per heavy atom. The first-order valence-corrected chi connectivity index (χ1v) is 11.1. The number of hydrogen-bond acceptors (Lipinski definition) is 7. The van der Waals surface area contributed by atoms with Gasteiger partial charge in [0.1, 0.15) is 23.6 Å². The van der Waals surface area contributed by atoms with Crippen molar-refractivity contribution < 1.29 is 19.0 Å². The molecule has 3 aromatic rings. The molecule has 0 saturated carbocycles. The molecule has 0 unspecified atom stereocenters. The molecule has 0 spiro atoms. The van der Waals surface area contributed by atoms with Crippen molar-refractivity contribution in [3.05, 3.63) is 47.7 Å². The van der Waals surface area contributed by atoms with Gasteiger partial charge in [-0.15, -0.1) is 0 Å². The van der Waals surface area contributed by atoms with Crippen LogP contribution in [0, 0.1) is 0 Å². The first-order valence-electron chi connectivity index (χ1n) is 11.1.